The van der Waals surface area contributed by atoms with Crippen molar-refractivity contribution in [1.29, 1.82) is 0 Å². The number of piperidine rings is 1. The van der Waals surface area contributed by atoms with Gasteiger partial charge in [0, 0.05) is 25.7 Å². The number of carbonyl (C=O) groups excluding carboxylic acids is 2. The molecule has 6 nitrogen and oxygen atoms in total. The summed E-state index contributed by atoms with van der Waals surface area (Å²) in [5.41, 5.74) is 1.40. The quantitative estimate of drug-likeness (QED) is 0.736. The van der Waals surface area contributed by atoms with E-state index in [-0.39, 0.29) is 11.9 Å². The van der Waals surface area contributed by atoms with E-state index in [0.717, 1.165) is 38.0 Å². The molecule has 1 atom stereocenters. The van der Waals surface area contributed by atoms with Crippen LogP contribution in [0.1, 0.15) is 50.8 Å². The monoisotopic (exact) mass is 423 g/mol. The number of nitrogens with zero attached hydrogens (tertiary/aromatic N) is 1. The van der Waals surface area contributed by atoms with Crippen molar-refractivity contribution in [2.45, 2.75) is 57.8 Å². The first-order valence-electron chi connectivity index (χ1n) is 10.9. The topological polar surface area (TPSA) is 70.7 Å². The SMILES string of the molecule is CC(C)(C)OC(=O)NC(C(=O)NC1CCN(Cc2ccccc2)CC1)c1ccccc1. The molecule has 2 amide bonds. The molecule has 0 aliphatic carbocycles. The number of rotatable bonds is 6. The Balaban J connectivity index is 1.57. The summed E-state index contributed by atoms with van der Waals surface area (Å²) in [7, 11) is 0. The van der Waals surface area contributed by atoms with Crippen molar-refractivity contribution in [2.75, 3.05) is 13.1 Å². The number of amides is 2. The van der Waals surface area contributed by atoms with E-state index in [4.69, 9.17) is 4.74 Å². The van der Waals surface area contributed by atoms with Crippen molar-refractivity contribution in [3.05, 3.63) is 71.8 Å². The van der Waals surface area contributed by atoms with Crippen molar-refractivity contribution in [1.82, 2.24) is 15.5 Å². The molecule has 31 heavy (non-hydrogen) atoms. The van der Waals surface area contributed by atoms with E-state index >= 15 is 0 Å². The maximum absolute atomic E-state index is 13.1. The molecule has 0 radical (unpaired) electrons. The van der Waals surface area contributed by atoms with Gasteiger partial charge in [0.15, 0.2) is 0 Å². The highest BCUT2D eigenvalue weighted by molar-refractivity contribution is 5.87. The second-order valence-corrected chi connectivity index (χ2v) is 9.03. The molecule has 1 saturated heterocycles. The maximum Gasteiger partial charge on any atom is 0.408 e. The van der Waals surface area contributed by atoms with E-state index in [0.29, 0.717) is 0 Å². The van der Waals surface area contributed by atoms with Crippen LogP contribution in [0.5, 0.6) is 0 Å². The summed E-state index contributed by atoms with van der Waals surface area (Å²) >= 11 is 0. The van der Waals surface area contributed by atoms with E-state index in [9.17, 15) is 9.59 Å². The lowest BCUT2D eigenvalue weighted by Gasteiger charge is -2.33. The Morgan fingerprint density at radius 3 is 2.16 bits per heavy atom. The molecule has 2 aromatic rings. The Hall–Kier alpha value is -2.86. The zero-order chi connectivity index (χ0) is 22.3. The lowest BCUT2D eigenvalue weighted by molar-refractivity contribution is -0.124. The number of nitrogens with one attached hydrogen (secondary N) is 2. The van der Waals surface area contributed by atoms with Gasteiger partial charge >= 0.3 is 6.09 Å². The van der Waals surface area contributed by atoms with Crippen LogP contribution in [-0.2, 0) is 16.1 Å². The molecule has 2 N–H and O–H groups in total. The van der Waals surface area contributed by atoms with Crippen LogP contribution in [0.25, 0.3) is 0 Å². The molecule has 1 fully saturated rings. The second-order valence-electron chi connectivity index (χ2n) is 9.03. The highest BCUT2D eigenvalue weighted by Crippen LogP contribution is 2.18. The van der Waals surface area contributed by atoms with Crippen LogP contribution in [-0.4, -0.2) is 41.6 Å². The Labute approximate surface area is 185 Å². The van der Waals surface area contributed by atoms with Crippen molar-refractivity contribution in [2.24, 2.45) is 0 Å². The standard InChI is InChI=1S/C25H33N3O3/c1-25(2,3)31-24(30)27-22(20-12-8-5-9-13-20)23(29)26-21-14-16-28(17-15-21)18-19-10-6-4-7-11-19/h4-13,21-22H,14-18H2,1-3H3,(H,26,29)(H,27,30). The number of benzene rings is 2. The van der Waals surface area contributed by atoms with Gasteiger partial charge in [-0.25, -0.2) is 4.79 Å². The van der Waals surface area contributed by atoms with Gasteiger partial charge in [-0.05, 0) is 44.7 Å². The summed E-state index contributed by atoms with van der Waals surface area (Å²) in [5, 5.41) is 5.87. The minimum absolute atomic E-state index is 0.0890. The van der Waals surface area contributed by atoms with Crippen molar-refractivity contribution in [3.8, 4) is 0 Å². The molecular weight excluding hydrogens is 390 g/mol. The molecule has 0 saturated carbocycles. The van der Waals surface area contributed by atoms with Crippen LogP contribution in [0.4, 0.5) is 4.79 Å². The third kappa shape index (κ3) is 7.40. The highest BCUT2D eigenvalue weighted by atomic mass is 16.6. The molecule has 3 rings (SSSR count). The van der Waals surface area contributed by atoms with Crippen LogP contribution in [0.15, 0.2) is 60.7 Å². The molecule has 6 heteroatoms. The predicted molar refractivity (Wildman–Crippen MR) is 121 cm³/mol. The summed E-state index contributed by atoms with van der Waals surface area (Å²) in [6, 6.07) is 19.0. The van der Waals surface area contributed by atoms with Gasteiger partial charge < -0.3 is 15.4 Å². The summed E-state index contributed by atoms with van der Waals surface area (Å²) in [5.74, 6) is -0.210. The van der Waals surface area contributed by atoms with Crippen molar-refractivity contribution < 1.29 is 14.3 Å². The lowest BCUT2D eigenvalue weighted by atomic mass is 10.0. The number of alkyl carbamates (subject to hydrolysis) is 1. The van der Waals surface area contributed by atoms with Crippen molar-refractivity contribution in [3.63, 3.8) is 0 Å². The van der Waals surface area contributed by atoms with Crippen molar-refractivity contribution >= 4 is 12.0 Å². The van der Waals surface area contributed by atoms with E-state index in [1.165, 1.54) is 5.56 Å². The van der Waals surface area contributed by atoms with E-state index in [2.05, 4.69) is 39.8 Å². The maximum atomic E-state index is 13.1. The molecular formula is C25H33N3O3. The normalized spacial score (nSPS) is 16.4. The summed E-state index contributed by atoms with van der Waals surface area (Å²) in [4.78, 5) is 27.8. The first-order chi connectivity index (χ1) is 14.8. The lowest BCUT2D eigenvalue weighted by Crippen LogP contribution is -2.49. The first-order valence-corrected chi connectivity index (χ1v) is 10.9. The van der Waals surface area contributed by atoms with E-state index in [1.54, 1.807) is 20.8 Å². The number of hydrogen-bond acceptors (Lipinski definition) is 4. The van der Waals surface area contributed by atoms with Crippen LogP contribution in [0.3, 0.4) is 0 Å². The van der Waals surface area contributed by atoms with Gasteiger partial charge in [0.2, 0.25) is 5.91 Å². The third-order valence-electron chi connectivity index (χ3n) is 5.24. The van der Waals surface area contributed by atoms with Gasteiger partial charge in [-0.1, -0.05) is 60.7 Å². The second kappa shape index (κ2) is 10.4. The van der Waals surface area contributed by atoms with Gasteiger partial charge in [0.1, 0.15) is 11.6 Å². The Morgan fingerprint density at radius 2 is 1.58 bits per heavy atom. The van der Waals surface area contributed by atoms with Gasteiger partial charge in [0.05, 0.1) is 0 Å². The average molecular weight is 424 g/mol. The Bertz CT molecular complexity index is 841. The Morgan fingerprint density at radius 1 is 1.00 bits per heavy atom. The minimum Gasteiger partial charge on any atom is -0.444 e. The predicted octanol–water partition coefficient (Wildman–Crippen LogP) is 4.03. The molecule has 1 aliphatic rings. The smallest absolute Gasteiger partial charge is 0.408 e. The van der Waals surface area contributed by atoms with E-state index in [1.807, 2.05) is 36.4 Å². The fourth-order valence-electron chi connectivity index (χ4n) is 3.73. The zero-order valence-electron chi connectivity index (χ0n) is 18.6. The molecule has 1 heterocycles. The average Bonchev–Trinajstić information content (AvgIpc) is 2.73. The Kier molecular flexibility index (Phi) is 7.69. The summed E-state index contributed by atoms with van der Waals surface area (Å²) in [6.45, 7) is 8.17. The van der Waals surface area contributed by atoms with Crippen LogP contribution in [0.2, 0.25) is 0 Å². The number of ether oxygens (including phenoxy) is 1. The molecule has 0 bridgehead atoms. The van der Waals surface area contributed by atoms with Gasteiger partial charge in [-0.15, -0.1) is 0 Å². The van der Waals surface area contributed by atoms with Gasteiger partial charge in [-0.3, -0.25) is 9.69 Å². The summed E-state index contributed by atoms with van der Waals surface area (Å²) in [6.07, 6.45) is 1.16. The third-order valence-corrected chi connectivity index (χ3v) is 5.24. The van der Waals surface area contributed by atoms with Gasteiger partial charge in [0.25, 0.3) is 0 Å². The van der Waals surface area contributed by atoms with Crippen LogP contribution in [0, 0.1) is 0 Å². The fourth-order valence-corrected chi connectivity index (χ4v) is 3.73. The van der Waals surface area contributed by atoms with Crippen LogP contribution >= 0.6 is 0 Å². The molecule has 1 aliphatic heterocycles. The van der Waals surface area contributed by atoms with E-state index < -0.39 is 17.7 Å². The molecule has 1 unspecified atom stereocenters. The highest BCUT2D eigenvalue weighted by Gasteiger charge is 2.28. The molecule has 0 aromatic heterocycles. The minimum atomic E-state index is -0.793. The summed E-state index contributed by atoms with van der Waals surface area (Å²) < 4.78 is 5.36. The van der Waals surface area contributed by atoms with Crippen LogP contribution < -0.4 is 10.6 Å². The molecule has 166 valence electrons. The zero-order valence-corrected chi connectivity index (χ0v) is 18.6. The van der Waals surface area contributed by atoms with Gasteiger partial charge in [-0.2, -0.15) is 0 Å². The first kappa shape index (κ1) is 22.8. The largest absolute Gasteiger partial charge is 0.444 e. The number of hydrogen-bond donors (Lipinski definition) is 2. The fraction of sp³-hybridized carbons (Fsp3) is 0.440. The number of likely N-dealkylation sites (tertiary alicyclic amines) is 1. The number of carbonyl (C=O) groups is 2. The molecule has 2 aromatic carbocycles. The molecule has 0 spiro atoms.